The number of ether oxygens (including phenoxy) is 4. The van der Waals surface area contributed by atoms with E-state index in [0.717, 1.165) is 59.8 Å². The molecule has 4 heteroatoms. The maximum atomic E-state index is 6.57. The first kappa shape index (κ1) is 16.3. The van der Waals surface area contributed by atoms with Crippen molar-refractivity contribution in [3.8, 4) is 23.0 Å². The van der Waals surface area contributed by atoms with Crippen LogP contribution in [-0.2, 0) is 0 Å². The Kier molecular flexibility index (Phi) is 3.67. The van der Waals surface area contributed by atoms with E-state index in [1.54, 1.807) is 14.2 Å². The van der Waals surface area contributed by atoms with Gasteiger partial charge in [0.15, 0.2) is 0 Å². The van der Waals surface area contributed by atoms with Crippen molar-refractivity contribution in [2.45, 2.75) is 31.5 Å². The van der Waals surface area contributed by atoms with E-state index in [1.807, 2.05) is 36.4 Å². The van der Waals surface area contributed by atoms with E-state index in [2.05, 4.69) is 12.2 Å². The van der Waals surface area contributed by atoms with Crippen LogP contribution >= 0.6 is 0 Å². The molecule has 3 aliphatic rings. The van der Waals surface area contributed by atoms with Gasteiger partial charge < -0.3 is 18.9 Å². The fraction of sp³-hybridized carbons (Fsp3) is 0.304. The van der Waals surface area contributed by atoms with E-state index in [4.69, 9.17) is 18.9 Å². The van der Waals surface area contributed by atoms with Crippen LogP contribution in [0.5, 0.6) is 23.0 Å². The summed E-state index contributed by atoms with van der Waals surface area (Å²) in [5.74, 6) is 2.47. The smallest absolute Gasteiger partial charge is 0.297 e. The van der Waals surface area contributed by atoms with Crippen LogP contribution in [0.4, 0.5) is 0 Å². The highest BCUT2D eigenvalue weighted by molar-refractivity contribution is 5.73. The predicted molar refractivity (Wildman–Crippen MR) is 104 cm³/mol. The Bertz CT molecular complexity index is 891. The van der Waals surface area contributed by atoms with E-state index in [9.17, 15) is 0 Å². The number of methoxy groups -OCH3 is 2. The van der Waals surface area contributed by atoms with Gasteiger partial charge in [-0.15, -0.1) is 0 Å². The third-order valence-corrected chi connectivity index (χ3v) is 5.59. The lowest BCUT2D eigenvalue weighted by molar-refractivity contribution is -0.0543. The Labute approximate surface area is 159 Å². The highest BCUT2D eigenvalue weighted by atomic mass is 16.7. The van der Waals surface area contributed by atoms with E-state index in [-0.39, 0.29) is 0 Å². The van der Waals surface area contributed by atoms with E-state index >= 15 is 0 Å². The molecule has 1 fully saturated rings. The number of hydrogen-bond acceptors (Lipinski definition) is 4. The summed E-state index contributed by atoms with van der Waals surface area (Å²) < 4.78 is 23.9. The van der Waals surface area contributed by atoms with Crippen molar-refractivity contribution in [1.82, 2.24) is 0 Å². The summed E-state index contributed by atoms with van der Waals surface area (Å²) in [6.45, 7) is 0. The van der Waals surface area contributed by atoms with Crippen LogP contribution in [0.2, 0.25) is 0 Å². The van der Waals surface area contributed by atoms with Crippen molar-refractivity contribution in [2.75, 3.05) is 14.2 Å². The highest BCUT2D eigenvalue weighted by Gasteiger charge is 2.48. The normalized spacial score (nSPS) is 18.7. The van der Waals surface area contributed by atoms with Gasteiger partial charge in [-0.05, 0) is 74.2 Å². The largest absolute Gasteiger partial charge is 0.497 e. The summed E-state index contributed by atoms with van der Waals surface area (Å²) in [6.07, 6.45) is 8.59. The van der Waals surface area contributed by atoms with Gasteiger partial charge in [-0.3, -0.25) is 0 Å². The van der Waals surface area contributed by atoms with E-state index in [0.29, 0.717) is 0 Å². The van der Waals surface area contributed by atoms with Crippen LogP contribution in [0, 0.1) is 0 Å². The number of rotatable bonds is 2. The average Bonchev–Trinajstić information content (AvgIpc) is 2.88. The Morgan fingerprint density at radius 3 is 1.67 bits per heavy atom. The predicted octanol–water partition coefficient (Wildman–Crippen LogP) is 5.23. The van der Waals surface area contributed by atoms with Crippen LogP contribution in [0.15, 0.2) is 47.5 Å². The lowest BCUT2D eigenvalue weighted by atomic mass is 9.88. The molecule has 5 rings (SSSR count). The first-order valence-corrected chi connectivity index (χ1v) is 9.38. The molecule has 2 aromatic rings. The molecule has 1 spiro atoms. The topological polar surface area (TPSA) is 36.9 Å². The molecule has 0 aromatic heterocycles. The Balaban J connectivity index is 1.65. The van der Waals surface area contributed by atoms with Gasteiger partial charge >= 0.3 is 0 Å². The third kappa shape index (κ3) is 2.51. The van der Waals surface area contributed by atoms with Crippen LogP contribution in [-0.4, -0.2) is 20.0 Å². The molecular weight excluding hydrogens is 340 g/mol. The van der Waals surface area contributed by atoms with Gasteiger partial charge in [0.1, 0.15) is 23.0 Å². The molecule has 2 aromatic carbocycles. The Hall–Kier alpha value is -2.88. The van der Waals surface area contributed by atoms with E-state index in [1.165, 1.54) is 11.1 Å². The zero-order chi connectivity index (χ0) is 18.4. The van der Waals surface area contributed by atoms with Crippen molar-refractivity contribution in [2.24, 2.45) is 0 Å². The summed E-state index contributed by atoms with van der Waals surface area (Å²) in [6, 6.07) is 11.8. The second-order valence-corrected chi connectivity index (χ2v) is 7.17. The van der Waals surface area contributed by atoms with E-state index < -0.39 is 5.79 Å². The molecule has 0 saturated heterocycles. The van der Waals surface area contributed by atoms with Gasteiger partial charge in [-0.1, -0.05) is 0 Å². The van der Waals surface area contributed by atoms with Gasteiger partial charge in [0.05, 0.1) is 14.2 Å². The molecule has 0 bridgehead atoms. The van der Waals surface area contributed by atoms with Gasteiger partial charge in [0.25, 0.3) is 5.79 Å². The zero-order valence-electron chi connectivity index (χ0n) is 15.6. The molecule has 0 N–H and O–H groups in total. The molecule has 0 amide bonds. The summed E-state index contributed by atoms with van der Waals surface area (Å²) in [4.78, 5) is 0. The molecule has 2 aliphatic heterocycles. The summed E-state index contributed by atoms with van der Waals surface area (Å²) in [5.41, 5.74) is 4.43. The van der Waals surface area contributed by atoms with Crippen molar-refractivity contribution < 1.29 is 18.9 Å². The number of hydrogen-bond donors (Lipinski definition) is 0. The Morgan fingerprint density at radius 1 is 0.741 bits per heavy atom. The zero-order valence-corrected chi connectivity index (χ0v) is 15.6. The molecule has 138 valence electrons. The van der Waals surface area contributed by atoms with Gasteiger partial charge in [0, 0.05) is 22.3 Å². The van der Waals surface area contributed by atoms with Crippen LogP contribution < -0.4 is 18.9 Å². The van der Waals surface area contributed by atoms with Crippen molar-refractivity contribution >= 4 is 12.2 Å². The summed E-state index contributed by atoms with van der Waals surface area (Å²) >= 11 is 0. The molecule has 0 radical (unpaired) electrons. The van der Waals surface area contributed by atoms with Crippen LogP contribution in [0.3, 0.4) is 0 Å². The first-order chi connectivity index (χ1) is 13.2. The third-order valence-electron chi connectivity index (χ3n) is 5.59. The first-order valence-electron chi connectivity index (χ1n) is 9.38. The van der Waals surface area contributed by atoms with Gasteiger partial charge in [-0.25, -0.2) is 0 Å². The molecule has 1 aliphatic carbocycles. The van der Waals surface area contributed by atoms with Crippen LogP contribution in [0.25, 0.3) is 12.2 Å². The minimum Gasteiger partial charge on any atom is -0.497 e. The quantitative estimate of drug-likeness (QED) is 0.733. The lowest BCUT2D eigenvalue weighted by Crippen LogP contribution is -2.48. The highest BCUT2D eigenvalue weighted by Crippen LogP contribution is 2.50. The van der Waals surface area contributed by atoms with Gasteiger partial charge in [-0.2, -0.15) is 0 Å². The van der Waals surface area contributed by atoms with Crippen molar-refractivity contribution in [3.63, 3.8) is 0 Å². The van der Waals surface area contributed by atoms with Crippen molar-refractivity contribution in [3.05, 3.63) is 58.7 Å². The molecule has 4 nitrogen and oxygen atoms in total. The fourth-order valence-corrected chi connectivity index (χ4v) is 4.19. The molecule has 1 saturated carbocycles. The minimum absolute atomic E-state index is 0.823. The fourth-order valence-electron chi connectivity index (χ4n) is 4.19. The second kappa shape index (κ2) is 6.08. The summed E-state index contributed by atoms with van der Waals surface area (Å²) in [5, 5.41) is 0. The van der Waals surface area contributed by atoms with Crippen LogP contribution in [0.1, 0.15) is 36.8 Å². The number of fused-ring (bicyclic) bond motifs is 2. The molecular formula is C23H22O4. The van der Waals surface area contributed by atoms with Crippen molar-refractivity contribution in [1.29, 1.82) is 0 Å². The second-order valence-electron chi connectivity index (χ2n) is 7.17. The molecule has 0 unspecified atom stereocenters. The standard InChI is InChI=1S/C23H22O4/c1-24-19-7-9-21-15(13-19)11-17-5-3-4-6-18-12-16-14-20(25-2)8-10-22(16)27-23(17,18)26-21/h7-14H,3-6H2,1-2H3. The van der Waals surface area contributed by atoms with Gasteiger partial charge in [0.2, 0.25) is 0 Å². The Morgan fingerprint density at radius 2 is 1.22 bits per heavy atom. The molecule has 0 atom stereocenters. The molecule has 27 heavy (non-hydrogen) atoms. The SMILES string of the molecule is COc1ccc2c(c1)C=C1CCCCC3=Cc4cc(OC)ccc4OC13O2. The monoisotopic (exact) mass is 362 g/mol. The maximum absolute atomic E-state index is 6.57. The summed E-state index contributed by atoms with van der Waals surface area (Å²) in [7, 11) is 3.37. The minimum atomic E-state index is -0.834. The average molecular weight is 362 g/mol. The maximum Gasteiger partial charge on any atom is 0.297 e. The lowest BCUT2D eigenvalue weighted by Gasteiger charge is -2.42. The molecule has 2 heterocycles. The number of benzene rings is 2.